The van der Waals surface area contributed by atoms with Crippen LogP contribution in [-0.2, 0) is 26.1 Å². The first-order valence-corrected chi connectivity index (χ1v) is 13.5. The molecule has 1 N–H and O–H groups in total. The number of sulfonamides is 1. The van der Waals surface area contributed by atoms with E-state index >= 15 is 0 Å². The summed E-state index contributed by atoms with van der Waals surface area (Å²) in [5, 5.41) is 3.03. The van der Waals surface area contributed by atoms with E-state index in [0.717, 1.165) is 19.3 Å². The Morgan fingerprint density at radius 3 is 2.54 bits per heavy atom. The number of esters is 1. The summed E-state index contributed by atoms with van der Waals surface area (Å²) in [4.78, 5) is 36.6. The minimum Gasteiger partial charge on any atom is -0.457 e. The standard InChI is InChI=1S/C25H25ClN2O8S/c1-2-34-25(31)27-17-6-8-19-16(12-23(29)36-22(19)13-17)15-35-24(30)20-14-18(7-9-21(20)26)37(32,33)28-10-4-3-5-11-28/h6-9,12-14H,2-5,10-11,15H2,1H3,(H,27,31). The second kappa shape index (κ2) is 11.3. The van der Waals surface area contributed by atoms with Crippen molar-refractivity contribution in [1.29, 1.82) is 0 Å². The fourth-order valence-electron chi connectivity index (χ4n) is 4.01. The zero-order chi connectivity index (χ0) is 26.6. The molecule has 1 amide bonds. The Labute approximate surface area is 218 Å². The average molecular weight is 549 g/mol. The number of halogens is 1. The molecule has 1 aliphatic heterocycles. The van der Waals surface area contributed by atoms with Crippen LogP contribution in [0.1, 0.15) is 42.1 Å². The fraction of sp³-hybridized carbons (Fsp3) is 0.320. The van der Waals surface area contributed by atoms with Crippen molar-refractivity contribution in [1.82, 2.24) is 4.31 Å². The molecule has 1 aromatic heterocycles. The lowest BCUT2D eigenvalue weighted by Crippen LogP contribution is -2.35. The van der Waals surface area contributed by atoms with Crippen LogP contribution in [0.3, 0.4) is 0 Å². The number of anilines is 1. The van der Waals surface area contributed by atoms with E-state index in [1.54, 1.807) is 19.1 Å². The molecule has 4 rings (SSSR count). The van der Waals surface area contributed by atoms with Crippen LogP contribution < -0.4 is 10.9 Å². The molecule has 0 atom stereocenters. The van der Waals surface area contributed by atoms with E-state index in [4.69, 9.17) is 25.5 Å². The zero-order valence-corrected chi connectivity index (χ0v) is 21.6. The van der Waals surface area contributed by atoms with E-state index in [1.807, 2.05) is 0 Å². The average Bonchev–Trinajstić information content (AvgIpc) is 2.87. The van der Waals surface area contributed by atoms with Crippen LogP contribution in [0.5, 0.6) is 0 Å². The Balaban J connectivity index is 1.54. The molecule has 0 saturated carbocycles. The van der Waals surface area contributed by atoms with Crippen LogP contribution in [-0.4, -0.2) is 44.5 Å². The van der Waals surface area contributed by atoms with Gasteiger partial charge in [0, 0.05) is 41.9 Å². The number of nitrogens with one attached hydrogen (secondary N) is 1. The highest BCUT2D eigenvalue weighted by Crippen LogP contribution is 2.27. The molecule has 0 radical (unpaired) electrons. The quantitative estimate of drug-likeness (QED) is 0.336. The molecule has 3 aromatic rings. The van der Waals surface area contributed by atoms with Crippen molar-refractivity contribution < 1.29 is 31.9 Å². The smallest absolute Gasteiger partial charge is 0.411 e. The summed E-state index contributed by atoms with van der Waals surface area (Å²) in [6.07, 6.45) is 1.87. The van der Waals surface area contributed by atoms with E-state index in [0.29, 0.717) is 29.7 Å². The van der Waals surface area contributed by atoms with Crippen LogP contribution in [0.4, 0.5) is 10.5 Å². The number of amides is 1. The van der Waals surface area contributed by atoms with Gasteiger partial charge in [-0.3, -0.25) is 5.32 Å². The predicted octanol–water partition coefficient (Wildman–Crippen LogP) is 4.55. The largest absolute Gasteiger partial charge is 0.457 e. The van der Waals surface area contributed by atoms with Crippen LogP contribution in [0.2, 0.25) is 5.02 Å². The van der Waals surface area contributed by atoms with Gasteiger partial charge in [0.1, 0.15) is 12.2 Å². The van der Waals surface area contributed by atoms with Gasteiger partial charge in [-0.25, -0.2) is 22.8 Å². The Morgan fingerprint density at radius 1 is 1.05 bits per heavy atom. The summed E-state index contributed by atoms with van der Waals surface area (Å²) in [6, 6.07) is 9.73. The predicted molar refractivity (Wildman–Crippen MR) is 136 cm³/mol. The highest BCUT2D eigenvalue weighted by Gasteiger charge is 2.27. The lowest BCUT2D eigenvalue weighted by molar-refractivity contribution is 0.0473. The third-order valence-electron chi connectivity index (χ3n) is 5.82. The van der Waals surface area contributed by atoms with Gasteiger partial charge < -0.3 is 13.9 Å². The Kier molecular flexibility index (Phi) is 8.16. The molecule has 0 aliphatic carbocycles. The highest BCUT2D eigenvalue weighted by molar-refractivity contribution is 7.89. The normalized spacial score (nSPS) is 14.3. The topological polar surface area (TPSA) is 132 Å². The minimum atomic E-state index is -3.78. The van der Waals surface area contributed by atoms with Gasteiger partial charge in [0.25, 0.3) is 0 Å². The molecule has 12 heteroatoms. The van der Waals surface area contributed by atoms with Crippen LogP contribution in [0.25, 0.3) is 11.0 Å². The SMILES string of the molecule is CCOC(=O)Nc1ccc2c(COC(=O)c3cc(S(=O)(=O)N4CCCCC4)ccc3Cl)cc(=O)oc2c1. The zero-order valence-electron chi connectivity index (χ0n) is 20.0. The molecule has 0 unspecified atom stereocenters. The Morgan fingerprint density at radius 2 is 1.81 bits per heavy atom. The third kappa shape index (κ3) is 6.12. The Hall–Kier alpha value is -3.41. The van der Waals surface area contributed by atoms with Crippen LogP contribution in [0.15, 0.2) is 56.6 Å². The van der Waals surface area contributed by atoms with Crippen molar-refractivity contribution in [3.05, 3.63) is 69.0 Å². The van der Waals surface area contributed by atoms with Gasteiger partial charge in [-0.1, -0.05) is 18.0 Å². The first-order chi connectivity index (χ1) is 17.7. The lowest BCUT2D eigenvalue weighted by atomic mass is 10.1. The maximum absolute atomic E-state index is 13.0. The Bertz CT molecular complexity index is 1500. The van der Waals surface area contributed by atoms with Crippen molar-refractivity contribution in [3.63, 3.8) is 0 Å². The molecule has 1 saturated heterocycles. The van der Waals surface area contributed by atoms with Gasteiger partial charge in [-0.2, -0.15) is 4.31 Å². The van der Waals surface area contributed by atoms with Crippen LogP contribution in [0, 0.1) is 0 Å². The van der Waals surface area contributed by atoms with Crippen molar-refractivity contribution >= 4 is 50.3 Å². The number of nitrogens with zero attached hydrogens (tertiary/aromatic N) is 1. The molecule has 0 bridgehead atoms. The molecule has 2 heterocycles. The molecule has 2 aromatic carbocycles. The molecular formula is C25H25ClN2O8S. The van der Waals surface area contributed by atoms with Crippen molar-refractivity contribution in [2.45, 2.75) is 37.7 Å². The summed E-state index contributed by atoms with van der Waals surface area (Å²) in [6.45, 7) is 2.41. The van der Waals surface area contributed by atoms with E-state index in [-0.39, 0.29) is 34.3 Å². The summed E-state index contributed by atoms with van der Waals surface area (Å²) in [5.74, 6) is -0.845. The van der Waals surface area contributed by atoms with Crippen molar-refractivity contribution in [3.8, 4) is 0 Å². The molecule has 10 nitrogen and oxygen atoms in total. The molecular weight excluding hydrogens is 524 g/mol. The number of carbonyl (C=O) groups excluding carboxylic acids is 2. The number of fused-ring (bicyclic) bond motifs is 1. The summed E-state index contributed by atoms with van der Waals surface area (Å²) in [7, 11) is -3.78. The van der Waals surface area contributed by atoms with Gasteiger partial charge >= 0.3 is 17.7 Å². The number of piperidine rings is 1. The minimum absolute atomic E-state index is 0.0368. The summed E-state index contributed by atoms with van der Waals surface area (Å²) < 4.78 is 42.9. The maximum Gasteiger partial charge on any atom is 0.411 e. The number of ether oxygens (including phenoxy) is 2. The first kappa shape index (κ1) is 26.6. The molecule has 0 spiro atoms. The van der Waals surface area contributed by atoms with E-state index in [9.17, 15) is 22.8 Å². The van der Waals surface area contributed by atoms with Gasteiger partial charge in [-0.05, 0) is 50.1 Å². The first-order valence-electron chi connectivity index (χ1n) is 11.7. The van der Waals surface area contributed by atoms with Crippen molar-refractivity contribution in [2.24, 2.45) is 0 Å². The van der Waals surface area contributed by atoms with E-state index in [2.05, 4.69) is 5.32 Å². The van der Waals surface area contributed by atoms with Crippen LogP contribution >= 0.6 is 11.6 Å². The number of benzene rings is 2. The molecule has 37 heavy (non-hydrogen) atoms. The fourth-order valence-corrected chi connectivity index (χ4v) is 5.75. The molecule has 1 aliphatic rings. The van der Waals surface area contributed by atoms with E-state index < -0.39 is 27.7 Å². The summed E-state index contributed by atoms with van der Waals surface area (Å²) in [5.41, 5.74) is 0.0881. The molecule has 1 fully saturated rings. The van der Waals surface area contributed by atoms with Gasteiger partial charge in [0.15, 0.2) is 0 Å². The monoisotopic (exact) mass is 548 g/mol. The number of carbonyl (C=O) groups is 2. The number of hydrogen-bond donors (Lipinski definition) is 1. The lowest BCUT2D eigenvalue weighted by Gasteiger charge is -2.26. The second-order valence-electron chi connectivity index (χ2n) is 8.33. The highest BCUT2D eigenvalue weighted by atomic mass is 35.5. The third-order valence-corrected chi connectivity index (χ3v) is 8.05. The number of hydrogen-bond acceptors (Lipinski definition) is 8. The summed E-state index contributed by atoms with van der Waals surface area (Å²) >= 11 is 6.19. The van der Waals surface area contributed by atoms with Crippen molar-refractivity contribution in [2.75, 3.05) is 25.0 Å². The van der Waals surface area contributed by atoms with Gasteiger partial charge in [0.05, 0.1) is 22.1 Å². The van der Waals surface area contributed by atoms with Gasteiger partial charge in [-0.15, -0.1) is 0 Å². The molecule has 196 valence electrons. The second-order valence-corrected chi connectivity index (χ2v) is 10.7. The number of rotatable bonds is 7. The maximum atomic E-state index is 13.0. The van der Waals surface area contributed by atoms with E-state index in [1.165, 1.54) is 34.6 Å². The van der Waals surface area contributed by atoms with Gasteiger partial charge in [0.2, 0.25) is 10.0 Å².